The van der Waals surface area contributed by atoms with E-state index in [2.05, 4.69) is 4.98 Å². The summed E-state index contributed by atoms with van der Waals surface area (Å²) >= 11 is 0. The second-order valence-corrected chi connectivity index (χ2v) is 4.98. The third-order valence-corrected chi connectivity index (χ3v) is 3.47. The predicted molar refractivity (Wildman–Crippen MR) is 66.0 cm³/mol. The molecule has 3 rings (SSSR count). The first-order valence-electron chi connectivity index (χ1n) is 6.34. The molecule has 1 aromatic carbocycles. The van der Waals surface area contributed by atoms with Crippen LogP contribution in [-0.4, -0.2) is 14.7 Å². The molecule has 0 aliphatic heterocycles. The molecule has 0 saturated heterocycles. The SMILES string of the molecule is OC(c1ccc(C(F)(F)F)cc1)c1cncn1C1CC1. The van der Waals surface area contributed by atoms with E-state index in [4.69, 9.17) is 0 Å². The maximum atomic E-state index is 12.5. The molecule has 1 saturated carbocycles. The molecule has 1 aliphatic rings. The summed E-state index contributed by atoms with van der Waals surface area (Å²) in [5, 5.41) is 10.3. The lowest BCUT2D eigenvalue weighted by Crippen LogP contribution is -2.08. The summed E-state index contributed by atoms with van der Waals surface area (Å²) in [6.07, 6.45) is -0.0211. The van der Waals surface area contributed by atoms with Crippen LogP contribution in [0.1, 0.15) is 41.8 Å². The summed E-state index contributed by atoms with van der Waals surface area (Å²) in [4.78, 5) is 4.01. The third kappa shape index (κ3) is 2.43. The molecular formula is C14H13F3N2O. The summed E-state index contributed by atoms with van der Waals surface area (Å²) in [7, 11) is 0. The zero-order valence-electron chi connectivity index (χ0n) is 10.5. The van der Waals surface area contributed by atoms with Crippen LogP contribution in [0.5, 0.6) is 0 Å². The molecule has 0 amide bonds. The topological polar surface area (TPSA) is 38.1 Å². The smallest absolute Gasteiger partial charge is 0.382 e. The first-order valence-corrected chi connectivity index (χ1v) is 6.34. The summed E-state index contributed by atoms with van der Waals surface area (Å²) < 4.78 is 39.4. The van der Waals surface area contributed by atoms with Gasteiger partial charge in [-0.25, -0.2) is 4.98 Å². The number of hydrogen-bond donors (Lipinski definition) is 1. The fourth-order valence-corrected chi connectivity index (χ4v) is 2.21. The number of alkyl halides is 3. The van der Waals surface area contributed by atoms with Crippen molar-refractivity contribution >= 4 is 0 Å². The van der Waals surface area contributed by atoms with Gasteiger partial charge in [0.05, 0.1) is 23.8 Å². The minimum Gasteiger partial charge on any atom is -0.382 e. The number of imidazole rings is 1. The molecule has 0 radical (unpaired) electrons. The highest BCUT2D eigenvalue weighted by molar-refractivity contribution is 5.30. The Hall–Kier alpha value is -1.82. The molecule has 2 aromatic rings. The van der Waals surface area contributed by atoms with Gasteiger partial charge in [-0.15, -0.1) is 0 Å². The second kappa shape index (κ2) is 4.63. The molecular weight excluding hydrogens is 269 g/mol. The number of halogens is 3. The number of aromatic nitrogens is 2. The van der Waals surface area contributed by atoms with E-state index < -0.39 is 17.8 Å². The molecule has 1 atom stereocenters. The van der Waals surface area contributed by atoms with Gasteiger partial charge in [-0.3, -0.25) is 0 Å². The Morgan fingerprint density at radius 1 is 1.20 bits per heavy atom. The minimum absolute atomic E-state index is 0.358. The van der Waals surface area contributed by atoms with Crippen molar-refractivity contribution in [2.75, 3.05) is 0 Å². The van der Waals surface area contributed by atoms with Gasteiger partial charge in [0.15, 0.2) is 0 Å². The summed E-state index contributed by atoms with van der Waals surface area (Å²) in [5.41, 5.74) is 0.330. The Morgan fingerprint density at radius 2 is 1.85 bits per heavy atom. The molecule has 106 valence electrons. The molecule has 6 heteroatoms. The Morgan fingerprint density at radius 3 is 2.40 bits per heavy atom. The van der Waals surface area contributed by atoms with Crippen LogP contribution in [0.25, 0.3) is 0 Å². The highest BCUT2D eigenvalue weighted by atomic mass is 19.4. The number of aliphatic hydroxyl groups excluding tert-OH is 1. The van der Waals surface area contributed by atoms with Crippen molar-refractivity contribution in [3.63, 3.8) is 0 Å². The van der Waals surface area contributed by atoms with Crippen molar-refractivity contribution in [2.24, 2.45) is 0 Å². The van der Waals surface area contributed by atoms with Crippen molar-refractivity contribution in [1.29, 1.82) is 0 Å². The molecule has 1 aliphatic carbocycles. The lowest BCUT2D eigenvalue weighted by Gasteiger charge is -2.14. The maximum Gasteiger partial charge on any atom is 0.416 e. The number of benzene rings is 1. The average molecular weight is 282 g/mol. The largest absolute Gasteiger partial charge is 0.416 e. The van der Waals surface area contributed by atoms with E-state index in [-0.39, 0.29) is 0 Å². The van der Waals surface area contributed by atoms with Crippen LogP contribution in [0.2, 0.25) is 0 Å². The molecule has 0 bridgehead atoms. The van der Waals surface area contributed by atoms with E-state index in [1.807, 2.05) is 4.57 Å². The van der Waals surface area contributed by atoms with Gasteiger partial charge in [0.2, 0.25) is 0 Å². The summed E-state index contributed by atoms with van der Waals surface area (Å²) in [6, 6.07) is 4.93. The third-order valence-electron chi connectivity index (χ3n) is 3.47. The molecule has 3 nitrogen and oxygen atoms in total. The van der Waals surface area contributed by atoms with Crippen molar-refractivity contribution in [2.45, 2.75) is 31.2 Å². The number of nitrogens with zero attached hydrogens (tertiary/aromatic N) is 2. The number of aliphatic hydroxyl groups is 1. The van der Waals surface area contributed by atoms with Crippen LogP contribution < -0.4 is 0 Å². The summed E-state index contributed by atoms with van der Waals surface area (Å²) in [5.74, 6) is 0. The quantitative estimate of drug-likeness (QED) is 0.937. The first kappa shape index (κ1) is 13.2. The van der Waals surface area contributed by atoms with Crippen LogP contribution in [0, 0.1) is 0 Å². The van der Waals surface area contributed by atoms with Crippen LogP contribution in [-0.2, 0) is 6.18 Å². The van der Waals surface area contributed by atoms with Crippen LogP contribution >= 0.6 is 0 Å². The van der Waals surface area contributed by atoms with Crippen molar-refractivity contribution < 1.29 is 18.3 Å². The van der Waals surface area contributed by atoms with Gasteiger partial charge in [0.25, 0.3) is 0 Å². The fourth-order valence-electron chi connectivity index (χ4n) is 2.21. The van der Waals surface area contributed by atoms with Gasteiger partial charge in [-0.1, -0.05) is 12.1 Å². The minimum atomic E-state index is -4.36. The number of hydrogen-bond acceptors (Lipinski definition) is 2. The molecule has 1 fully saturated rings. The highest BCUT2D eigenvalue weighted by Crippen LogP contribution is 2.38. The first-order chi connectivity index (χ1) is 9.47. The van der Waals surface area contributed by atoms with E-state index in [0.29, 0.717) is 17.3 Å². The van der Waals surface area contributed by atoms with Gasteiger partial charge >= 0.3 is 6.18 Å². The van der Waals surface area contributed by atoms with Crippen molar-refractivity contribution in [3.05, 3.63) is 53.6 Å². The van der Waals surface area contributed by atoms with E-state index in [0.717, 1.165) is 25.0 Å². The predicted octanol–water partition coefficient (Wildman–Crippen LogP) is 3.32. The van der Waals surface area contributed by atoms with Crippen LogP contribution in [0.4, 0.5) is 13.2 Å². The fraction of sp³-hybridized carbons (Fsp3) is 0.357. The lowest BCUT2D eigenvalue weighted by molar-refractivity contribution is -0.137. The van der Waals surface area contributed by atoms with E-state index >= 15 is 0 Å². The van der Waals surface area contributed by atoms with Crippen molar-refractivity contribution in [1.82, 2.24) is 9.55 Å². The Labute approximate surface area is 113 Å². The highest BCUT2D eigenvalue weighted by Gasteiger charge is 2.31. The Balaban J connectivity index is 1.86. The Kier molecular flexibility index (Phi) is 3.05. The zero-order chi connectivity index (χ0) is 14.3. The molecule has 1 unspecified atom stereocenters. The second-order valence-electron chi connectivity index (χ2n) is 4.98. The molecule has 20 heavy (non-hydrogen) atoms. The monoisotopic (exact) mass is 282 g/mol. The van der Waals surface area contributed by atoms with Crippen LogP contribution in [0.3, 0.4) is 0 Å². The molecule has 1 N–H and O–H groups in total. The summed E-state index contributed by atoms with van der Waals surface area (Å²) in [6.45, 7) is 0. The standard InChI is InChI=1S/C14H13F3N2O/c15-14(16,17)10-3-1-9(2-4-10)13(20)12-7-18-8-19(12)11-5-6-11/h1-4,7-8,11,13,20H,5-6H2. The molecule has 1 heterocycles. The van der Waals surface area contributed by atoms with Gasteiger partial charge in [-0.2, -0.15) is 13.2 Å². The number of rotatable bonds is 3. The van der Waals surface area contributed by atoms with E-state index in [1.54, 1.807) is 12.5 Å². The maximum absolute atomic E-state index is 12.5. The normalized spacial score (nSPS) is 17.2. The van der Waals surface area contributed by atoms with E-state index in [1.165, 1.54) is 12.1 Å². The van der Waals surface area contributed by atoms with Gasteiger partial charge in [0, 0.05) is 6.04 Å². The molecule has 0 spiro atoms. The van der Waals surface area contributed by atoms with Crippen LogP contribution in [0.15, 0.2) is 36.8 Å². The zero-order valence-corrected chi connectivity index (χ0v) is 10.5. The average Bonchev–Trinajstić information content (AvgIpc) is 3.15. The van der Waals surface area contributed by atoms with Gasteiger partial charge in [0.1, 0.15) is 6.10 Å². The Bertz CT molecular complexity index is 600. The van der Waals surface area contributed by atoms with Crippen molar-refractivity contribution in [3.8, 4) is 0 Å². The van der Waals surface area contributed by atoms with Gasteiger partial charge in [-0.05, 0) is 30.5 Å². The van der Waals surface area contributed by atoms with Gasteiger partial charge < -0.3 is 9.67 Å². The lowest BCUT2D eigenvalue weighted by atomic mass is 10.0. The van der Waals surface area contributed by atoms with E-state index in [9.17, 15) is 18.3 Å². The molecule has 1 aromatic heterocycles.